The Kier molecular flexibility index (Phi) is 4.42. The zero-order valence-corrected chi connectivity index (χ0v) is 13.6. The molecule has 1 aromatic carbocycles. The van der Waals surface area contributed by atoms with Crippen LogP contribution in [-0.2, 0) is 0 Å². The standard InChI is InChI=1S/C13H12Br2N2O2/c1-8(2)17-12(18)7-6-11(16-17)19-13-9(14)4-3-5-10(13)15/h3-8H,1-2H3. The molecule has 1 heterocycles. The second kappa shape index (κ2) is 5.88. The first-order valence-corrected chi connectivity index (χ1v) is 7.29. The molecule has 2 aromatic rings. The predicted molar refractivity (Wildman–Crippen MR) is 80.8 cm³/mol. The van der Waals surface area contributed by atoms with Crippen molar-refractivity contribution in [2.24, 2.45) is 0 Å². The van der Waals surface area contributed by atoms with Crippen molar-refractivity contribution in [1.82, 2.24) is 9.78 Å². The summed E-state index contributed by atoms with van der Waals surface area (Å²) < 4.78 is 8.73. The fraction of sp³-hybridized carbons (Fsp3) is 0.231. The maximum absolute atomic E-state index is 11.6. The number of benzene rings is 1. The monoisotopic (exact) mass is 386 g/mol. The van der Waals surface area contributed by atoms with Gasteiger partial charge in [-0.3, -0.25) is 4.79 Å². The van der Waals surface area contributed by atoms with Gasteiger partial charge in [0, 0.05) is 12.1 Å². The van der Waals surface area contributed by atoms with Crippen LogP contribution in [-0.4, -0.2) is 9.78 Å². The van der Waals surface area contributed by atoms with Gasteiger partial charge in [0.2, 0.25) is 5.88 Å². The van der Waals surface area contributed by atoms with Crippen LogP contribution < -0.4 is 10.3 Å². The number of hydrogen-bond acceptors (Lipinski definition) is 3. The minimum atomic E-state index is -0.145. The summed E-state index contributed by atoms with van der Waals surface area (Å²) >= 11 is 6.83. The van der Waals surface area contributed by atoms with Crippen LogP contribution in [0.5, 0.6) is 11.6 Å². The van der Waals surface area contributed by atoms with Gasteiger partial charge in [0.25, 0.3) is 5.56 Å². The van der Waals surface area contributed by atoms with E-state index in [9.17, 15) is 4.79 Å². The molecule has 4 nitrogen and oxygen atoms in total. The third-order valence-electron chi connectivity index (χ3n) is 2.42. The average Bonchev–Trinajstić information content (AvgIpc) is 2.35. The van der Waals surface area contributed by atoms with E-state index in [0.29, 0.717) is 11.6 Å². The molecule has 6 heteroatoms. The SMILES string of the molecule is CC(C)n1nc(Oc2c(Br)cccc2Br)ccc1=O. The Bertz CT molecular complexity index is 633. The topological polar surface area (TPSA) is 44.1 Å². The van der Waals surface area contributed by atoms with Crippen LogP contribution in [0.15, 0.2) is 44.1 Å². The quantitative estimate of drug-likeness (QED) is 0.794. The van der Waals surface area contributed by atoms with Crippen LogP contribution in [0.2, 0.25) is 0 Å². The minimum Gasteiger partial charge on any atom is -0.435 e. The Morgan fingerprint density at radius 3 is 2.37 bits per heavy atom. The van der Waals surface area contributed by atoms with Crippen molar-refractivity contribution in [1.29, 1.82) is 0 Å². The number of halogens is 2. The second-order valence-corrected chi connectivity index (χ2v) is 5.91. The summed E-state index contributed by atoms with van der Waals surface area (Å²) in [6.07, 6.45) is 0. The molecule has 0 saturated carbocycles. The summed E-state index contributed by atoms with van der Waals surface area (Å²) in [6.45, 7) is 3.79. The van der Waals surface area contributed by atoms with Gasteiger partial charge in [-0.2, -0.15) is 0 Å². The fourth-order valence-corrected chi connectivity index (χ4v) is 2.68. The molecule has 0 amide bonds. The van der Waals surface area contributed by atoms with Crippen LogP contribution in [0.1, 0.15) is 19.9 Å². The highest BCUT2D eigenvalue weighted by atomic mass is 79.9. The van der Waals surface area contributed by atoms with Crippen molar-refractivity contribution in [3.63, 3.8) is 0 Å². The van der Waals surface area contributed by atoms with Gasteiger partial charge in [-0.1, -0.05) is 6.07 Å². The number of rotatable bonds is 3. The summed E-state index contributed by atoms with van der Waals surface area (Å²) in [4.78, 5) is 11.6. The van der Waals surface area contributed by atoms with Crippen LogP contribution >= 0.6 is 31.9 Å². The Morgan fingerprint density at radius 2 is 1.79 bits per heavy atom. The molecule has 0 fully saturated rings. The molecule has 0 aliphatic carbocycles. The molecule has 0 unspecified atom stereocenters. The third kappa shape index (κ3) is 3.25. The van der Waals surface area contributed by atoms with Gasteiger partial charge >= 0.3 is 0 Å². The molecule has 0 spiro atoms. The lowest BCUT2D eigenvalue weighted by Gasteiger charge is -2.12. The van der Waals surface area contributed by atoms with Gasteiger partial charge in [-0.25, -0.2) is 4.68 Å². The summed E-state index contributed by atoms with van der Waals surface area (Å²) in [5.74, 6) is 1.00. The lowest BCUT2D eigenvalue weighted by molar-refractivity contribution is 0.408. The lowest BCUT2D eigenvalue weighted by Crippen LogP contribution is -2.23. The van der Waals surface area contributed by atoms with Gasteiger partial charge < -0.3 is 4.74 Å². The maximum Gasteiger partial charge on any atom is 0.267 e. The molecule has 0 radical (unpaired) electrons. The first-order chi connectivity index (χ1) is 8.99. The van der Waals surface area contributed by atoms with Gasteiger partial charge in [-0.05, 0) is 57.8 Å². The summed E-state index contributed by atoms with van der Waals surface area (Å²) in [7, 11) is 0. The van der Waals surface area contributed by atoms with Crippen molar-refractivity contribution >= 4 is 31.9 Å². The first-order valence-electron chi connectivity index (χ1n) is 5.71. The van der Waals surface area contributed by atoms with Crippen molar-refractivity contribution in [2.75, 3.05) is 0 Å². The third-order valence-corrected chi connectivity index (χ3v) is 3.66. The van der Waals surface area contributed by atoms with Crippen LogP contribution in [0.3, 0.4) is 0 Å². The van der Waals surface area contributed by atoms with E-state index in [1.807, 2.05) is 32.0 Å². The molecular formula is C13H12Br2N2O2. The van der Waals surface area contributed by atoms with Crippen LogP contribution in [0, 0.1) is 0 Å². The predicted octanol–water partition coefficient (Wildman–Crippen LogP) is 4.14. The number of hydrogen-bond donors (Lipinski definition) is 0. The lowest BCUT2D eigenvalue weighted by atomic mass is 10.3. The molecule has 19 heavy (non-hydrogen) atoms. The second-order valence-electron chi connectivity index (χ2n) is 4.20. The van der Waals surface area contributed by atoms with Crippen molar-refractivity contribution in [3.05, 3.63) is 49.6 Å². The number of aromatic nitrogens is 2. The molecule has 0 N–H and O–H groups in total. The van der Waals surface area contributed by atoms with Crippen molar-refractivity contribution < 1.29 is 4.74 Å². The Hall–Kier alpha value is -1.14. The van der Waals surface area contributed by atoms with Crippen molar-refractivity contribution in [3.8, 4) is 11.6 Å². The van der Waals surface area contributed by atoms with Crippen LogP contribution in [0.25, 0.3) is 0 Å². The highest BCUT2D eigenvalue weighted by Crippen LogP contribution is 2.35. The van der Waals surface area contributed by atoms with Crippen molar-refractivity contribution in [2.45, 2.75) is 19.9 Å². The van der Waals surface area contributed by atoms with E-state index in [-0.39, 0.29) is 11.6 Å². The van der Waals surface area contributed by atoms with Gasteiger partial charge in [0.1, 0.15) is 0 Å². The van der Waals surface area contributed by atoms with E-state index in [2.05, 4.69) is 37.0 Å². The molecule has 0 saturated heterocycles. The molecule has 0 aliphatic rings. The molecule has 0 atom stereocenters. The zero-order valence-electron chi connectivity index (χ0n) is 10.4. The Labute approximate surface area is 127 Å². The normalized spacial score (nSPS) is 10.8. The van der Waals surface area contributed by atoms with E-state index < -0.39 is 0 Å². The zero-order chi connectivity index (χ0) is 14.0. The van der Waals surface area contributed by atoms with E-state index in [1.165, 1.54) is 10.7 Å². The number of para-hydroxylation sites is 1. The molecule has 2 rings (SSSR count). The molecule has 100 valence electrons. The van der Waals surface area contributed by atoms with Gasteiger partial charge in [0.05, 0.1) is 15.0 Å². The average molecular weight is 388 g/mol. The summed E-state index contributed by atoms with van der Waals surface area (Å²) in [5.41, 5.74) is -0.145. The van der Waals surface area contributed by atoms with E-state index in [1.54, 1.807) is 6.07 Å². The van der Waals surface area contributed by atoms with Crippen LogP contribution in [0.4, 0.5) is 0 Å². The Morgan fingerprint density at radius 1 is 1.16 bits per heavy atom. The fourth-order valence-electron chi connectivity index (χ4n) is 1.52. The van der Waals surface area contributed by atoms with Gasteiger partial charge in [-0.15, -0.1) is 5.10 Å². The molecule has 0 bridgehead atoms. The highest BCUT2D eigenvalue weighted by Gasteiger charge is 2.10. The van der Waals surface area contributed by atoms with E-state index >= 15 is 0 Å². The Balaban J connectivity index is 2.39. The smallest absolute Gasteiger partial charge is 0.267 e. The number of ether oxygens (including phenoxy) is 1. The van der Waals surface area contributed by atoms with Gasteiger partial charge in [0.15, 0.2) is 5.75 Å². The summed E-state index contributed by atoms with van der Waals surface area (Å²) in [5, 5.41) is 4.19. The maximum atomic E-state index is 11.6. The van der Waals surface area contributed by atoms with E-state index in [4.69, 9.17) is 4.74 Å². The summed E-state index contributed by atoms with van der Waals surface area (Å²) in [6, 6.07) is 8.64. The highest BCUT2D eigenvalue weighted by molar-refractivity contribution is 9.11. The first kappa shape index (κ1) is 14.3. The van der Waals surface area contributed by atoms with E-state index in [0.717, 1.165) is 8.95 Å². The molecule has 0 aliphatic heterocycles. The minimum absolute atomic E-state index is 0.0151. The molecular weight excluding hydrogens is 376 g/mol. The number of nitrogens with zero attached hydrogens (tertiary/aromatic N) is 2. The molecule has 1 aromatic heterocycles. The largest absolute Gasteiger partial charge is 0.435 e.